The van der Waals surface area contributed by atoms with Gasteiger partial charge in [-0.3, -0.25) is 4.79 Å². The number of rotatable bonds is 3. The average Bonchev–Trinajstić information content (AvgIpc) is 2.39. The van der Waals surface area contributed by atoms with Crippen molar-refractivity contribution < 1.29 is 13.2 Å². The minimum atomic E-state index is -3.80. The van der Waals surface area contributed by atoms with Crippen molar-refractivity contribution in [3.05, 3.63) is 56.1 Å². The Morgan fingerprint density at radius 2 is 1.90 bits per heavy atom. The fourth-order valence-electron chi connectivity index (χ4n) is 1.57. The van der Waals surface area contributed by atoms with Gasteiger partial charge >= 0.3 is 0 Å². The van der Waals surface area contributed by atoms with Crippen LogP contribution in [-0.2, 0) is 9.05 Å². The van der Waals surface area contributed by atoms with Gasteiger partial charge in [-0.05, 0) is 74.9 Å². The van der Waals surface area contributed by atoms with Crippen molar-refractivity contribution in [2.45, 2.75) is 4.90 Å². The molecule has 0 unspecified atom stereocenters. The highest BCUT2D eigenvalue weighted by Gasteiger charge is 2.14. The van der Waals surface area contributed by atoms with Crippen LogP contribution in [0.2, 0.25) is 0 Å². The highest BCUT2D eigenvalue weighted by atomic mass is 127. The Hall–Kier alpha value is -0.640. The van der Waals surface area contributed by atoms with Crippen LogP contribution in [0.25, 0.3) is 0 Å². The van der Waals surface area contributed by atoms with Gasteiger partial charge < -0.3 is 5.32 Å². The van der Waals surface area contributed by atoms with Crippen LogP contribution in [-0.4, -0.2) is 14.3 Å². The van der Waals surface area contributed by atoms with Gasteiger partial charge in [0.1, 0.15) is 0 Å². The van der Waals surface area contributed by atoms with Crippen LogP contribution in [0.1, 0.15) is 10.4 Å². The van der Waals surface area contributed by atoms with Gasteiger partial charge in [0.15, 0.2) is 0 Å². The standard InChI is InChI=1S/C13H8BrClINO3S/c14-11-7-10(21(15,19)20)4-5-12(11)17-13(18)8-2-1-3-9(16)6-8/h1-7H,(H,17,18). The first-order valence-corrected chi connectivity index (χ1v) is 9.76. The summed E-state index contributed by atoms with van der Waals surface area (Å²) in [5.41, 5.74) is 0.978. The smallest absolute Gasteiger partial charge is 0.261 e. The van der Waals surface area contributed by atoms with E-state index < -0.39 is 9.05 Å². The van der Waals surface area contributed by atoms with Gasteiger partial charge in [0.25, 0.3) is 15.0 Å². The van der Waals surface area contributed by atoms with Gasteiger partial charge in [-0.25, -0.2) is 8.42 Å². The first-order valence-electron chi connectivity index (χ1n) is 5.58. The zero-order valence-electron chi connectivity index (χ0n) is 10.3. The quantitative estimate of drug-likeness (QED) is 0.507. The Bertz CT molecular complexity index is 811. The van der Waals surface area contributed by atoms with E-state index in [9.17, 15) is 13.2 Å². The summed E-state index contributed by atoms with van der Waals surface area (Å²) in [6.45, 7) is 0. The molecule has 1 N–H and O–H groups in total. The Kier molecular flexibility index (Phi) is 5.29. The van der Waals surface area contributed by atoms with E-state index in [2.05, 4.69) is 43.8 Å². The highest BCUT2D eigenvalue weighted by Crippen LogP contribution is 2.27. The lowest BCUT2D eigenvalue weighted by Gasteiger charge is -2.08. The van der Waals surface area contributed by atoms with Crippen molar-refractivity contribution in [2.24, 2.45) is 0 Å². The van der Waals surface area contributed by atoms with Crippen molar-refractivity contribution in [3.8, 4) is 0 Å². The molecule has 0 atom stereocenters. The van der Waals surface area contributed by atoms with Crippen LogP contribution in [0, 0.1) is 3.57 Å². The summed E-state index contributed by atoms with van der Waals surface area (Å²) >= 11 is 5.33. The van der Waals surface area contributed by atoms with E-state index >= 15 is 0 Å². The molecule has 0 saturated heterocycles. The molecule has 1 amide bonds. The summed E-state index contributed by atoms with van der Waals surface area (Å²) in [6, 6.07) is 11.3. The molecule has 2 aromatic rings. The summed E-state index contributed by atoms with van der Waals surface area (Å²) in [5.74, 6) is -0.282. The Morgan fingerprint density at radius 1 is 1.19 bits per heavy atom. The maximum absolute atomic E-state index is 12.1. The minimum absolute atomic E-state index is 0.0386. The van der Waals surface area contributed by atoms with Crippen LogP contribution in [0.3, 0.4) is 0 Å². The number of nitrogens with one attached hydrogen (secondary N) is 1. The Labute approximate surface area is 148 Å². The van der Waals surface area contributed by atoms with E-state index in [1.165, 1.54) is 18.2 Å². The lowest BCUT2D eigenvalue weighted by Crippen LogP contribution is -2.12. The summed E-state index contributed by atoms with van der Waals surface area (Å²) < 4.78 is 23.8. The Morgan fingerprint density at radius 3 is 2.48 bits per heavy atom. The molecule has 0 aliphatic heterocycles. The van der Waals surface area contributed by atoms with Crippen LogP contribution < -0.4 is 5.32 Å². The van der Waals surface area contributed by atoms with Gasteiger partial charge in [0.05, 0.1) is 10.6 Å². The fraction of sp³-hybridized carbons (Fsp3) is 0. The monoisotopic (exact) mass is 499 g/mol. The molecular formula is C13H8BrClINO3S. The van der Waals surface area contributed by atoms with E-state index in [1.54, 1.807) is 18.2 Å². The van der Waals surface area contributed by atoms with Gasteiger partial charge in [-0.2, -0.15) is 0 Å². The maximum Gasteiger partial charge on any atom is 0.261 e. The van der Waals surface area contributed by atoms with Crippen molar-refractivity contribution in [2.75, 3.05) is 5.32 Å². The number of hydrogen-bond acceptors (Lipinski definition) is 3. The number of amides is 1. The molecule has 0 saturated carbocycles. The van der Waals surface area contributed by atoms with E-state index in [4.69, 9.17) is 10.7 Å². The third-order valence-electron chi connectivity index (χ3n) is 2.56. The molecule has 2 aromatic carbocycles. The molecule has 21 heavy (non-hydrogen) atoms. The SMILES string of the molecule is O=C(Nc1ccc(S(=O)(=O)Cl)cc1Br)c1cccc(I)c1. The molecule has 0 aliphatic carbocycles. The summed E-state index contributed by atoms with van der Waals surface area (Å²) in [6.07, 6.45) is 0. The van der Waals surface area contributed by atoms with E-state index in [0.29, 0.717) is 15.7 Å². The second-order valence-electron chi connectivity index (χ2n) is 4.04. The second-order valence-corrected chi connectivity index (χ2v) is 8.71. The molecule has 8 heteroatoms. The molecular weight excluding hydrogens is 492 g/mol. The van der Waals surface area contributed by atoms with Crippen LogP contribution in [0.15, 0.2) is 51.8 Å². The largest absolute Gasteiger partial charge is 0.321 e. The molecule has 0 radical (unpaired) electrons. The van der Waals surface area contributed by atoms with Crippen molar-refractivity contribution in [3.63, 3.8) is 0 Å². The van der Waals surface area contributed by atoms with Crippen LogP contribution in [0.5, 0.6) is 0 Å². The predicted octanol–water partition coefficient (Wildman–Crippen LogP) is 4.23. The molecule has 110 valence electrons. The zero-order chi connectivity index (χ0) is 15.6. The van der Waals surface area contributed by atoms with Crippen molar-refractivity contribution in [1.29, 1.82) is 0 Å². The van der Waals surface area contributed by atoms with Gasteiger partial charge in [-0.15, -0.1) is 0 Å². The topological polar surface area (TPSA) is 63.2 Å². The van der Waals surface area contributed by atoms with Gasteiger partial charge in [0, 0.05) is 24.3 Å². The fourth-order valence-corrected chi connectivity index (χ4v) is 3.52. The molecule has 0 aliphatic rings. The molecule has 0 aromatic heterocycles. The Balaban J connectivity index is 2.26. The number of hydrogen-bond donors (Lipinski definition) is 1. The van der Waals surface area contributed by atoms with Crippen molar-refractivity contribution in [1.82, 2.24) is 0 Å². The number of carbonyl (C=O) groups is 1. The number of halogens is 3. The van der Waals surface area contributed by atoms with Gasteiger partial charge in [0.2, 0.25) is 0 Å². The predicted molar refractivity (Wildman–Crippen MR) is 94.3 cm³/mol. The maximum atomic E-state index is 12.1. The highest BCUT2D eigenvalue weighted by molar-refractivity contribution is 14.1. The van der Waals surface area contributed by atoms with E-state index in [1.807, 2.05) is 6.07 Å². The van der Waals surface area contributed by atoms with Crippen molar-refractivity contribution >= 4 is 69.8 Å². The molecule has 0 bridgehead atoms. The molecule has 0 spiro atoms. The minimum Gasteiger partial charge on any atom is -0.321 e. The van der Waals surface area contributed by atoms with E-state index in [-0.39, 0.29) is 10.8 Å². The molecule has 4 nitrogen and oxygen atoms in total. The summed E-state index contributed by atoms with van der Waals surface area (Å²) in [5, 5.41) is 2.71. The average molecular weight is 501 g/mol. The zero-order valence-corrected chi connectivity index (χ0v) is 15.6. The van der Waals surface area contributed by atoms with Crippen LogP contribution in [0.4, 0.5) is 5.69 Å². The number of anilines is 1. The summed E-state index contributed by atoms with van der Waals surface area (Å²) in [4.78, 5) is 12.1. The van der Waals surface area contributed by atoms with E-state index in [0.717, 1.165) is 3.57 Å². The number of benzene rings is 2. The number of carbonyl (C=O) groups excluding carboxylic acids is 1. The van der Waals surface area contributed by atoms with Crippen LogP contribution >= 0.6 is 49.2 Å². The molecule has 0 heterocycles. The lowest BCUT2D eigenvalue weighted by atomic mass is 10.2. The third kappa shape index (κ3) is 4.41. The third-order valence-corrected chi connectivity index (χ3v) is 5.24. The molecule has 2 rings (SSSR count). The first kappa shape index (κ1) is 16.7. The second kappa shape index (κ2) is 6.64. The lowest BCUT2D eigenvalue weighted by molar-refractivity contribution is 0.102. The first-order chi connectivity index (χ1) is 9.77. The summed E-state index contributed by atoms with van der Waals surface area (Å²) in [7, 11) is 1.47. The molecule has 0 fully saturated rings. The van der Waals surface area contributed by atoms with Gasteiger partial charge in [-0.1, -0.05) is 6.07 Å². The normalized spacial score (nSPS) is 11.2.